The third-order valence-corrected chi connectivity index (χ3v) is 7.32. The highest BCUT2D eigenvalue weighted by molar-refractivity contribution is 9.10. The van der Waals surface area contributed by atoms with Gasteiger partial charge in [0.2, 0.25) is 0 Å². The van der Waals surface area contributed by atoms with E-state index in [-0.39, 0.29) is 11.9 Å². The van der Waals surface area contributed by atoms with Crippen molar-refractivity contribution in [3.05, 3.63) is 82.6 Å². The summed E-state index contributed by atoms with van der Waals surface area (Å²) in [5.74, 6) is -0.287. The molecule has 0 fully saturated rings. The number of nitrogens with one attached hydrogen (secondary N) is 2. The average Bonchev–Trinajstić information content (AvgIpc) is 2.68. The van der Waals surface area contributed by atoms with Crippen molar-refractivity contribution in [3.63, 3.8) is 0 Å². The Bertz CT molecular complexity index is 807. The monoisotopic (exact) mass is 494 g/mol. The first-order valence-corrected chi connectivity index (χ1v) is 12.1. The highest BCUT2D eigenvalue weighted by Crippen LogP contribution is 2.33. The van der Waals surface area contributed by atoms with Crippen molar-refractivity contribution in [2.24, 2.45) is 0 Å². The zero-order chi connectivity index (χ0) is 22.4. The quantitative estimate of drug-likeness (QED) is 0.307. The van der Waals surface area contributed by atoms with Crippen molar-refractivity contribution in [1.29, 1.82) is 0 Å². The van der Waals surface area contributed by atoms with Crippen LogP contribution < -0.4 is 10.0 Å². The molecule has 0 aliphatic heterocycles. The molecule has 0 amide bonds. The molecule has 2 aromatic rings. The lowest BCUT2D eigenvalue weighted by Crippen LogP contribution is -2.52. The summed E-state index contributed by atoms with van der Waals surface area (Å²) in [6.07, 6.45) is 3.08. The topological polar surface area (TPSA) is 47.1 Å². The van der Waals surface area contributed by atoms with Crippen molar-refractivity contribution < 1.29 is 8.94 Å². The standard InChI is InChI=1S/C24H32BrFN2OS/c1-6-15-24(28-30(29)23(3,4)5,20-9-13-22(26)14-10-20)16-17-27-18(2)19-7-11-21(25)12-8-19/h6-14,18,27-28H,1,15-17H2,2-5H3/t18-,24?,30?/m0/s1. The van der Waals surface area contributed by atoms with Crippen molar-refractivity contribution >= 4 is 27.3 Å². The average molecular weight is 496 g/mol. The van der Waals surface area contributed by atoms with Gasteiger partial charge in [-0.25, -0.2) is 4.39 Å². The molecule has 0 saturated heterocycles. The lowest BCUT2D eigenvalue weighted by atomic mass is 9.84. The number of rotatable bonds is 10. The Labute approximate surface area is 192 Å². The third kappa shape index (κ3) is 6.92. The maximum absolute atomic E-state index is 13.6. The molecule has 0 radical (unpaired) electrons. The van der Waals surface area contributed by atoms with E-state index in [4.69, 9.17) is 0 Å². The minimum Gasteiger partial charge on any atom is -0.598 e. The molecule has 0 heterocycles. The molecule has 0 saturated carbocycles. The van der Waals surface area contributed by atoms with Gasteiger partial charge in [0.1, 0.15) is 10.6 Å². The fraction of sp³-hybridized carbons (Fsp3) is 0.417. The normalized spacial score (nSPS) is 16.0. The minimum atomic E-state index is -1.29. The van der Waals surface area contributed by atoms with E-state index in [0.29, 0.717) is 19.4 Å². The first-order valence-electron chi connectivity index (χ1n) is 10.1. The molecule has 2 rings (SSSR count). The van der Waals surface area contributed by atoms with Crippen LogP contribution in [0.25, 0.3) is 0 Å². The van der Waals surface area contributed by atoms with Gasteiger partial charge in [-0.1, -0.05) is 46.3 Å². The Balaban J connectivity index is 2.23. The summed E-state index contributed by atoms with van der Waals surface area (Å²) in [7, 11) is 0. The second kappa shape index (κ2) is 10.9. The van der Waals surface area contributed by atoms with E-state index in [1.807, 2.05) is 39.0 Å². The Morgan fingerprint density at radius 2 is 1.73 bits per heavy atom. The molecule has 6 heteroatoms. The minimum absolute atomic E-state index is 0.167. The van der Waals surface area contributed by atoms with Crippen LogP contribution in [0.4, 0.5) is 4.39 Å². The Kier molecular flexibility index (Phi) is 9.13. The van der Waals surface area contributed by atoms with Crippen molar-refractivity contribution in [2.75, 3.05) is 6.54 Å². The molecule has 0 aliphatic rings. The van der Waals surface area contributed by atoms with Gasteiger partial charge in [0, 0.05) is 21.9 Å². The molecule has 164 valence electrons. The van der Waals surface area contributed by atoms with Gasteiger partial charge < -0.3 is 9.87 Å². The number of benzene rings is 2. The molecule has 2 N–H and O–H groups in total. The molecule has 3 nitrogen and oxygen atoms in total. The van der Waals surface area contributed by atoms with Crippen LogP contribution in [-0.4, -0.2) is 15.8 Å². The first-order chi connectivity index (χ1) is 14.1. The molecule has 3 atom stereocenters. The lowest BCUT2D eigenvalue weighted by molar-refractivity contribution is 0.346. The van der Waals surface area contributed by atoms with Crippen LogP contribution in [0.2, 0.25) is 0 Å². The largest absolute Gasteiger partial charge is 0.598 e. The summed E-state index contributed by atoms with van der Waals surface area (Å²) < 4.78 is 30.6. The van der Waals surface area contributed by atoms with Gasteiger partial charge in [-0.3, -0.25) is 0 Å². The SMILES string of the molecule is C=CCC(CCN[C@@H](C)c1ccc(Br)cc1)(N[S+]([O-])C(C)(C)C)c1ccc(F)cc1. The predicted octanol–water partition coefficient (Wildman–Crippen LogP) is 6.15. The van der Waals surface area contributed by atoms with Crippen LogP contribution in [0.1, 0.15) is 57.7 Å². The van der Waals surface area contributed by atoms with Crippen molar-refractivity contribution in [1.82, 2.24) is 10.0 Å². The predicted molar refractivity (Wildman–Crippen MR) is 129 cm³/mol. The summed E-state index contributed by atoms with van der Waals surface area (Å²) in [5.41, 5.74) is 1.49. The number of halogens is 2. The second-order valence-electron chi connectivity index (χ2n) is 8.54. The summed E-state index contributed by atoms with van der Waals surface area (Å²) in [6.45, 7) is 12.5. The number of hydrogen-bond donors (Lipinski definition) is 2. The summed E-state index contributed by atoms with van der Waals surface area (Å²) >= 11 is 2.18. The van der Waals surface area contributed by atoms with Crippen LogP contribution in [0.3, 0.4) is 0 Å². The zero-order valence-corrected chi connectivity index (χ0v) is 20.6. The molecule has 2 aromatic carbocycles. The van der Waals surface area contributed by atoms with Gasteiger partial charge in [-0.15, -0.1) is 11.3 Å². The van der Waals surface area contributed by atoms with Crippen LogP contribution >= 0.6 is 15.9 Å². The van der Waals surface area contributed by atoms with E-state index in [0.717, 1.165) is 10.0 Å². The van der Waals surface area contributed by atoms with Crippen LogP contribution in [-0.2, 0) is 16.9 Å². The van der Waals surface area contributed by atoms with Gasteiger partial charge in [-0.05, 0) is 82.5 Å². The van der Waals surface area contributed by atoms with E-state index in [1.165, 1.54) is 17.7 Å². The molecular formula is C24H32BrFN2OS. The van der Waals surface area contributed by atoms with E-state index in [1.54, 1.807) is 12.1 Å². The van der Waals surface area contributed by atoms with Crippen LogP contribution in [0.5, 0.6) is 0 Å². The highest BCUT2D eigenvalue weighted by atomic mass is 79.9. The van der Waals surface area contributed by atoms with Gasteiger partial charge in [0.15, 0.2) is 0 Å². The molecule has 0 aromatic heterocycles. The van der Waals surface area contributed by atoms with Gasteiger partial charge in [0.25, 0.3) is 0 Å². The summed E-state index contributed by atoms with van der Waals surface area (Å²) in [5, 5.41) is 3.56. The molecule has 0 bridgehead atoms. The lowest BCUT2D eigenvalue weighted by Gasteiger charge is -2.38. The maximum atomic E-state index is 13.6. The Hall–Kier alpha value is -1.18. The van der Waals surface area contributed by atoms with Crippen LogP contribution in [0, 0.1) is 5.82 Å². The van der Waals surface area contributed by atoms with E-state index >= 15 is 0 Å². The third-order valence-electron chi connectivity index (χ3n) is 5.11. The maximum Gasteiger partial charge on any atom is 0.136 e. The highest BCUT2D eigenvalue weighted by Gasteiger charge is 2.39. The van der Waals surface area contributed by atoms with Crippen LogP contribution in [0.15, 0.2) is 65.7 Å². The zero-order valence-electron chi connectivity index (χ0n) is 18.2. The molecule has 2 unspecified atom stereocenters. The number of hydrogen-bond acceptors (Lipinski definition) is 3. The molecule has 30 heavy (non-hydrogen) atoms. The molecular weight excluding hydrogens is 463 g/mol. The van der Waals surface area contributed by atoms with Crippen molar-refractivity contribution in [2.45, 2.75) is 56.9 Å². The fourth-order valence-electron chi connectivity index (χ4n) is 3.23. The van der Waals surface area contributed by atoms with Crippen molar-refractivity contribution in [3.8, 4) is 0 Å². The summed E-state index contributed by atoms with van der Waals surface area (Å²) in [4.78, 5) is 0. The van der Waals surface area contributed by atoms with Gasteiger partial charge in [0.05, 0.1) is 5.54 Å². The van der Waals surface area contributed by atoms with Gasteiger partial charge >= 0.3 is 0 Å². The molecule has 0 aliphatic carbocycles. The Morgan fingerprint density at radius 3 is 2.27 bits per heavy atom. The van der Waals surface area contributed by atoms with E-state index < -0.39 is 21.6 Å². The smallest absolute Gasteiger partial charge is 0.136 e. The first kappa shape index (κ1) is 25.1. The molecule has 0 spiro atoms. The van der Waals surface area contributed by atoms with Gasteiger partial charge in [-0.2, -0.15) is 0 Å². The second-order valence-corrected chi connectivity index (χ2v) is 11.4. The Morgan fingerprint density at radius 1 is 1.13 bits per heavy atom. The van der Waals surface area contributed by atoms with E-state index in [2.05, 4.69) is 51.6 Å². The summed E-state index contributed by atoms with van der Waals surface area (Å²) in [6, 6.07) is 14.8. The van der Waals surface area contributed by atoms with E-state index in [9.17, 15) is 8.94 Å². The fourth-order valence-corrected chi connectivity index (χ4v) is 4.46.